The monoisotopic (exact) mass is 250 g/mol. The summed E-state index contributed by atoms with van der Waals surface area (Å²) in [7, 11) is 0. The van der Waals surface area contributed by atoms with E-state index in [4.69, 9.17) is 5.11 Å². The quantitative estimate of drug-likeness (QED) is 0.733. The Balaban J connectivity index is 2.59. The molecule has 0 radical (unpaired) electrons. The fourth-order valence-corrected chi connectivity index (χ4v) is 1.44. The van der Waals surface area contributed by atoms with Crippen molar-refractivity contribution in [2.45, 2.75) is 26.4 Å². The van der Waals surface area contributed by atoms with Gasteiger partial charge in [-0.25, -0.2) is 0 Å². The number of aliphatic hydroxyl groups excluding tert-OH is 1. The van der Waals surface area contributed by atoms with Crippen LogP contribution in [0.3, 0.4) is 0 Å². The number of aliphatic hydroxyl groups is 1. The van der Waals surface area contributed by atoms with Crippen molar-refractivity contribution >= 4 is 17.5 Å². The number of anilines is 1. The molecule has 0 aliphatic rings. The molecule has 0 spiro atoms. The van der Waals surface area contributed by atoms with Crippen LogP contribution in [0.25, 0.3) is 0 Å². The van der Waals surface area contributed by atoms with Gasteiger partial charge in [-0.2, -0.15) is 0 Å². The standard InChI is InChI=1S/C13H18N2O3/c1-9(16)6-7-14-13(18)11-4-3-5-12(8-11)15-10(2)17/h3-5,8-9,16H,6-7H2,1-2H3,(H,14,18)(H,15,17). The predicted octanol–water partition coefficient (Wildman–Crippen LogP) is 1.15. The van der Waals surface area contributed by atoms with Crippen molar-refractivity contribution in [1.29, 1.82) is 0 Å². The minimum atomic E-state index is -0.434. The highest BCUT2D eigenvalue weighted by Gasteiger charge is 2.06. The molecule has 2 amide bonds. The summed E-state index contributed by atoms with van der Waals surface area (Å²) in [6.07, 6.45) is 0.0768. The van der Waals surface area contributed by atoms with E-state index in [0.717, 1.165) is 0 Å². The number of rotatable bonds is 5. The third kappa shape index (κ3) is 4.97. The van der Waals surface area contributed by atoms with Crippen LogP contribution in [-0.2, 0) is 4.79 Å². The third-order valence-electron chi connectivity index (χ3n) is 2.29. The molecular weight excluding hydrogens is 232 g/mol. The lowest BCUT2D eigenvalue weighted by Crippen LogP contribution is -2.26. The molecule has 1 atom stereocenters. The first-order valence-electron chi connectivity index (χ1n) is 5.83. The number of benzene rings is 1. The van der Waals surface area contributed by atoms with Crippen LogP contribution in [0.15, 0.2) is 24.3 Å². The van der Waals surface area contributed by atoms with Crippen LogP contribution >= 0.6 is 0 Å². The van der Waals surface area contributed by atoms with E-state index in [1.165, 1.54) is 6.92 Å². The van der Waals surface area contributed by atoms with Gasteiger partial charge in [0.15, 0.2) is 0 Å². The molecular formula is C13H18N2O3. The molecule has 5 heteroatoms. The lowest BCUT2D eigenvalue weighted by molar-refractivity contribution is -0.114. The van der Waals surface area contributed by atoms with Gasteiger partial charge < -0.3 is 15.7 Å². The molecule has 1 unspecified atom stereocenters. The fourth-order valence-electron chi connectivity index (χ4n) is 1.44. The van der Waals surface area contributed by atoms with Crippen molar-refractivity contribution in [3.05, 3.63) is 29.8 Å². The van der Waals surface area contributed by atoms with Crippen LogP contribution in [0, 0.1) is 0 Å². The smallest absolute Gasteiger partial charge is 0.251 e. The van der Waals surface area contributed by atoms with Gasteiger partial charge in [0.2, 0.25) is 5.91 Å². The van der Waals surface area contributed by atoms with Gasteiger partial charge in [0.05, 0.1) is 6.10 Å². The summed E-state index contributed by atoms with van der Waals surface area (Å²) in [4.78, 5) is 22.7. The van der Waals surface area contributed by atoms with E-state index in [-0.39, 0.29) is 11.8 Å². The largest absolute Gasteiger partial charge is 0.393 e. The molecule has 5 nitrogen and oxygen atoms in total. The summed E-state index contributed by atoms with van der Waals surface area (Å²) in [5, 5.41) is 14.4. The molecule has 0 fully saturated rings. The highest BCUT2D eigenvalue weighted by Crippen LogP contribution is 2.10. The Bertz CT molecular complexity index is 430. The van der Waals surface area contributed by atoms with E-state index in [0.29, 0.717) is 24.2 Å². The van der Waals surface area contributed by atoms with E-state index >= 15 is 0 Å². The highest BCUT2D eigenvalue weighted by atomic mass is 16.3. The lowest BCUT2D eigenvalue weighted by Gasteiger charge is -2.08. The first-order chi connectivity index (χ1) is 8.49. The van der Waals surface area contributed by atoms with E-state index < -0.39 is 6.10 Å². The van der Waals surface area contributed by atoms with Crippen LogP contribution in [0.5, 0.6) is 0 Å². The van der Waals surface area contributed by atoms with Gasteiger partial charge in [-0.3, -0.25) is 9.59 Å². The zero-order valence-corrected chi connectivity index (χ0v) is 10.6. The Kier molecular flexibility index (Phi) is 5.32. The average molecular weight is 250 g/mol. The summed E-state index contributed by atoms with van der Waals surface area (Å²) >= 11 is 0. The molecule has 3 N–H and O–H groups in total. The Morgan fingerprint density at radius 2 is 2.11 bits per heavy atom. The summed E-state index contributed by atoms with van der Waals surface area (Å²) in [6.45, 7) is 3.50. The minimum Gasteiger partial charge on any atom is -0.393 e. The summed E-state index contributed by atoms with van der Waals surface area (Å²) < 4.78 is 0. The predicted molar refractivity (Wildman–Crippen MR) is 69.4 cm³/mol. The molecule has 0 aliphatic heterocycles. The van der Waals surface area contributed by atoms with Gasteiger partial charge in [-0.1, -0.05) is 6.07 Å². The molecule has 0 heterocycles. The molecule has 1 aromatic carbocycles. The first-order valence-corrected chi connectivity index (χ1v) is 5.83. The van der Waals surface area contributed by atoms with E-state index in [1.54, 1.807) is 31.2 Å². The number of nitrogens with one attached hydrogen (secondary N) is 2. The Morgan fingerprint density at radius 3 is 2.72 bits per heavy atom. The molecule has 0 aliphatic carbocycles. The van der Waals surface area contributed by atoms with Crippen molar-refractivity contribution in [1.82, 2.24) is 5.32 Å². The fraction of sp³-hybridized carbons (Fsp3) is 0.385. The number of hydrogen-bond acceptors (Lipinski definition) is 3. The molecule has 0 saturated carbocycles. The SMILES string of the molecule is CC(=O)Nc1cccc(C(=O)NCCC(C)O)c1. The number of carbonyl (C=O) groups excluding carboxylic acids is 2. The van der Waals surface area contributed by atoms with Crippen molar-refractivity contribution in [3.63, 3.8) is 0 Å². The summed E-state index contributed by atoms with van der Waals surface area (Å²) in [5.74, 6) is -0.399. The normalized spacial score (nSPS) is 11.7. The number of carbonyl (C=O) groups is 2. The second-order valence-corrected chi connectivity index (χ2v) is 4.16. The van der Waals surface area contributed by atoms with Crippen LogP contribution in [0.1, 0.15) is 30.6 Å². The molecule has 1 rings (SSSR count). The van der Waals surface area contributed by atoms with Gasteiger partial charge in [0.1, 0.15) is 0 Å². The molecule has 1 aromatic rings. The molecule has 98 valence electrons. The maximum Gasteiger partial charge on any atom is 0.251 e. The average Bonchev–Trinajstić information content (AvgIpc) is 2.27. The van der Waals surface area contributed by atoms with Crippen LogP contribution in [0.4, 0.5) is 5.69 Å². The number of amides is 2. The third-order valence-corrected chi connectivity index (χ3v) is 2.29. The Labute approximate surface area is 106 Å². The zero-order chi connectivity index (χ0) is 13.5. The topological polar surface area (TPSA) is 78.4 Å². The highest BCUT2D eigenvalue weighted by molar-refractivity contribution is 5.96. The maximum absolute atomic E-state index is 11.8. The van der Waals surface area contributed by atoms with Gasteiger partial charge in [-0.15, -0.1) is 0 Å². The van der Waals surface area contributed by atoms with Gasteiger partial charge in [0, 0.05) is 24.7 Å². The van der Waals surface area contributed by atoms with Crippen molar-refractivity contribution in [2.24, 2.45) is 0 Å². The molecule has 0 aromatic heterocycles. The lowest BCUT2D eigenvalue weighted by atomic mass is 10.2. The van der Waals surface area contributed by atoms with Gasteiger partial charge in [-0.05, 0) is 31.5 Å². The second-order valence-electron chi connectivity index (χ2n) is 4.16. The molecule has 0 bridgehead atoms. The number of hydrogen-bond donors (Lipinski definition) is 3. The van der Waals surface area contributed by atoms with Crippen molar-refractivity contribution in [3.8, 4) is 0 Å². The Morgan fingerprint density at radius 1 is 1.39 bits per heavy atom. The van der Waals surface area contributed by atoms with E-state index in [2.05, 4.69) is 10.6 Å². The van der Waals surface area contributed by atoms with Crippen LogP contribution in [-0.4, -0.2) is 29.6 Å². The summed E-state index contributed by atoms with van der Waals surface area (Å²) in [6, 6.07) is 6.70. The van der Waals surface area contributed by atoms with Crippen molar-refractivity contribution in [2.75, 3.05) is 11.9 Å². The van der Waals surface area contributed by atoms with Crippen LogP contribution < -0.4 is 10.6 Å². The summed E-state index contributed by atoms with van der Waals surface area (Å²) in [5.41, 5.74) is 1.07. The van der Waals surface area contributed by atoms with Gasteiger partial charge >= 0.3 is 0 Å². The Hall–Kier alpha value is -1.88. The van der Waals surface area contributed by atoms with Crippen LogP contribution in [0.2, 0.25) is 0 Å². The zero-order valence-electron chi connectivity index (χ0n) is 10.6. The molecule has 0 saturated heterocycles. The minimum absolute atomic E-state index is 0.179. The first kappa shape index (κ1) is 14.2. The van der Waals surface area contributed by atoms with E-state index in [1.807, 2.05) is 0 Å². The van der Waals surface area contributed by atoms with Crippen molar-refractivity contribution < 1.29 is 14.7 Å². The maximum atomic E-state index is 11.8. The second kappa shape index (κ2) is 6.76. The van der Waals surface area contributed by atoms with E-state index in [9.17, 15) is 9.59 Å². The van der Waals surface area contributed by atoms with Gasteiger partial charge in [0.25, 0.3) is 5.91 Å². The molecule has 18 heavy (non-hydrogen) atoms.